The van der Waals surface area contributed by atoms with Crippen molar-refractivity contribution in [3.8, 4) is 0 Å². The monoisotopic (exact) mass is 212 g/mol. The molecule has 4 heteroatoms. The Bertz CT molecular complexity index is 439. The number of hydrogen-bond acceptors (Lipinski definition) is 4. The highest BCUT2D eigenvalue weighted by molar-refractivity contribution is 5.32. The van der Waals surface area contributed by atoms with Gasteiger partial charge in [0.15, 0.2) is 0 Å². The largest absolute Gasteiger partial charge is 0.265 e. The Hall–Kier alpha value is -2.10. The van der Waals surface area contributed by atoms with Gasteiger partial charge in [0.05, 0.1) is 12.2 Å². The van der Waals surface area contributed by atoms with Gasteiger partial charge in [0.1, 0.15) is 0 Å². The van der Waals surface area contributed by atoms with Crippen LogP contribution >= 0.6 is 0 Å². The van der Waals surface area contributed by atoms with Crippen LogP contribution in [0.15, 0.2) is 59.3 Å². The molecule has 4 nitrogen and oxygen atoms in total. The van der Waals surface area contributed by atoms with Gasteiger partial charge in [0.25, 0.3) is 0 Å². The molecule has 0 saturated carbocycles. The normalized spacial score (nSPS) is 10.8. The summed E-state index contributed by atoms with van der Waals surface area (Å²) >= 11 is 0. The van der Waals surface area contributed by atoms with E-state index in [-0.39, 0.29) is 0 Å². The second-order valence-electron chi connectivity index (χ2n) is 3.28. The fourth-order valence-corrected chi connectivity index (χ4v) is 1.27. The zero-order chi connectivity index (χ0) is 11.1. The van der Waals surface area contributed by atoms with Gasteiger partial charge in [0.2, 0.25) is 0 Å². The first-order valence-electron chi connectivity index (χ1n) is 5.11. The molecule has 0 aliphatic rings. The minimum atomic E-state index is 0.687. The van der Waals surface area contributed by atoms with Crippen LogP contribution in [0, 0.1) is 0 Å². The molecular formula is C12H12N4. The highest BCUT2D eigenvalue weighted by atomic mass is 15.1. The molecular weight excluding hydrogens is 200 g/mol. The smallest absolute Gasteiger partial charge is 0.0883 e. The van der Waals surface area contributed by atoms with Gasteiger partial charge in [-0.3, -0.25) is 9.97 Å². The van der Waals surface area contributed by atoms with E-state index in [1.165, 1.54) is 5.56 Å². The summed E-state index contributed by atoms with van der Waals surface area (Å²) in [5.41, 5.74) is 2.06. The van der Waals surface area contributed by atoms with Crippen LogP contribution in [0.2, 0.25) is 0 Å². The molecule has 0 aliphatic carbocycles. The molecule has 0 radical (unpaired) electrons. The van der Waals surface area contributed by atoms with Crippen molar-refractivity contribution in [2.45, 2.75) is 6.42 Å². The fraction of sp³-hybridized carbons (Fsp3) is 0.167. The first-order chi connectivity index (χ1) is 7.95. The van der Waals surface area contributed by atoms with Crippen molar-refractivity contribution in [2.75, 3.05) is 6.54 Å². The van der Waals surface area contributed by atoms with Gasteiger partial charge >= 0.3 is 0 Å². The van der Waals surface area contributed by atoms with Crippen molar-refractivity contribution in [1.29, 1.82) is 0 Å². The maximum absolute atomic E-state index is 4.11. The van der Waals surface area contributed by atoms with Gasteiger partial charge in [0, 0.05) is 24.8 Å². The standard InChI is InChI=1S/C12H12N4/c1-6-13-7-2-11(1)3-10-15-16-12-4-8-14-9-5-12/h1-2,4-9H,3,10H2. The van der Waals surface area contributed by atoms with Crippen molar-refractivity contribution in [2.24, 2.45) is 10.2 Å². The lowest BCUT2D eigenvalue weighted by Crippen LogP contribution is -1.88. The maximum atomic E-state index is 4.11. The lowest BCUT2D eigenvalue weighted by molar-refractivity contribution is 0.900. The molecule has 2 aromatic heterocycles. The van der Waals surface area contributed by atoms with E-state index in [0.29, 0.717) is 6.54 Å². The summed E-state index contributed by atoms with van der Waals surface area (Å²) in [5, 5.41) is 8.20. The highest BCUT2D eigenvalue weighted by Crippen LogP contribution is 2.08. The molecule has 0 unspecified atom stereocenters. The highest BCUT2D eigenvalue weighted by Gasteiger charge is 1.90. The van der Waals surface area contributed by atoms with E-state index < -0.39 is 0 Å². The van der Waals surface area contributed by atoms with Crippen molar-refractivity contribution < 1.29 is 0 Å². The zero-order valence-corrected chi connectivity index (χ0v) is 8.82. The fourth-order valence-electron chi connectivity index (χ4n) is 1.27. The van der Waals surface area contributed by atoms with E-state index in [1.807, 2.05) is 24.3 Å². The molecule has 0 spiro atoms. The zero-order valence-electron chi connectivity index (χ0n) is 8.82. The molecule has 0 amide bonds. The minimum absolute atomic E-state index is 0.687. The molecule has 0 saturated heterocycles. The first-order valence-corrected chi connectivity index (χ1v) is 5.11. The maximum Gasteiger partial charge on any atom is 0.0883 e. The molecule has 0 aliphatic heterocycles. The SMILES string of the molecule is c1cc(CCN=Nc2ccncc2)ccn1. The third-order valence-electron chi connectivity index (χ3n) is 2.10. The summed E-state index contributed by atoms with van der Waals surface area (Å²) in [6, 6.07) is 7.63. The van der Waals surface area contributed by atoms with Crippen LogP contribution in [-0.4, -0.2) is 16.5 Å². The Labute approximate surface area is 94.1 Å². The third kappa shape index (κ3) is 3.24. The van der Waals surface area contributed by atoms with Gasteiger partial charge < -0.3 is 0 Å². The van der Waals surface area contributed by atoms with E-state index in [0.717, 1.165) is 12.1 Å². The summed E-state index contributed by atoms with van der Waals surface area (Å²) in [6.07, 6.45) is 7.87. The first kappa shape index (κ1) is 10.4. The molecule has 2 heterocycles. The van der Waals surface area contributed by atoms with E-state index >= 15 is 0 Å². The molecule has 2 rings (SSSR count). The lowest BCUT2D eigenvalue weighted by Gasteiger charge is -1.95. The van der Waals surface area contributed by atoms with Crippen LogP contribution in [0.5, 0.6) is 0 Å². The Morgan fingerprint density at radius 2 is 1.50 bits per heavy atom. The molecule has 80 valence electrons. The van der Waals surface area contributed by atoms with Gasteiger partial charge in [-0.25, -0.2) is 0 Å². The summed E-state index contributed by atoms with van der Waals surface area (Å²) < 4.78 is 0. The molecule has 0 atom stereocenters. The molecule has 2 aromatic rings. The van der Waals surface area contributed by atoms with Crippen molar-refractivity contribution in [1.82, 2.24) is 9.97 Å². The molecule has 16 heavy (non-hydrogen) atoms. The van der Waals surface area contributed by atoms with Crippen molar-refractivity contribution in [3.05, 3.63) is 54.6 Å². The van der Waals surface area contributed by atoms with Gasteiger partial charge in [-0.1, -0.05) is 0 Å². The molecule has 0 N–H and O–H groups in total. The quantitative estimate of drug-likeness (QED) is 0.732. The molecule has 0 fully saturated rings. The van der Waals surface area contributed by atoms with Crippen LogP contribution < -0.4 is 0 Å². The number of pyridine rings is 2. The minimum Gasteiger partial charge on any atom is -0.265 e. The van der Waals surface area contributed by atoms with Gasteiger partial charge in [-0.2, -0.15) is 10.2 Å². The van der Waals surface area contributed by atoms with E-state index in [2.05, 4.69) is 20.2 Å². The van der Waals surface area contributed by atoms with Crippen LogP contribution in [0.4, 0.5) is 5.69 Å². The van der Waals surface area contributed by atoms with E-state index in [1.54, 1.807) is 24.8 Å². The topological polar surface area (TPSA) is 50.5 Å². The van der Waals surface area contributed by atoms with E-state index in [9.17, 15) is 0 Å². The third-order valence-corrected chi connectivity index (χ3v) is 2.10. The summed E-state index contributed by atoms with van der Waals surface area (Å²) in [4.78, 5) is 7.87. The Morgan fingerprint density at radius 3 is 2.19 bits per heavy atom. The predicted octanol–water partition coefficient (Wildman–Crippen LogP) is 2.80. The average Bonchev–Trinajstić information content (AvgIpc) is 2.37. The number of aromatic nitrogens is 2. The molecule has 0 aromatic carbocycles. The second kappa shape index (κ2) is 5.70. The van der Waals surface area contributed by atoms with Crippen molar-refractivity contribution in [3.63, 3.8) is 0 Å². The van der Waals surface area contributed by atoms with Crippen LogP contribution in [-0.2, 0) is 6.42 Å². The van der Waals surface area contributed by atoms with E-state index in [4.69, 9.17) is 0 Å². The number of nitrogens with zero attached hydrogens (tertiary/aromatic N) is 4. The summed E-state index contributed by atoms with van der Waals surface area (Å²) in [6.45, 7) is 0.687. The summed E-state index contributed by atoms with van der Waals surface area (Å²) in [7, 11) is 0. The van der Waals surface area contributed by atoms with Crippen LogP contribution in [0.3, 0.4) is 0 Å². The van der Waals surface area contributed by atoms with Crippen molar-refractivity contribution >= 4 is 5.69 Å². The second-order valence-corrected chi connectivity index (χ2v) is 3.28. The predicted molar refractivity (Wildman–Crippen MR) is 61.6 cm³/mol. The Balaban J connectivity index is 1.83. The van der Waals surface area contributed by atoms with Gasteiger partial charge in [-0.05, 0) is 36.2 Å². The lowest BCUT2D eigenvalue weighted by atomic mass is 10.2. The number of azo groups is 1. The van der Waals surface area contributed by atoms with Gasteiger partial charge in [-0.15, -0.1) is 0 Å². The van der Waals surface area contributed by atoms with Crippen LogP contribution in [0.25, 0.3) is 0 Å². The summed E-state index contributed by atoms with van der Waals surface area (Å²) in [5.74, 6) is 0. The average molecular weight is 212 g/mol. The Morgan fingerprint density at radius 1 is 0.875 bits per heavy atom. The number of rotatable bonds is 4. The molecule has 0 bridgehead atoms. The Kier molecular flexibility index (Phi) is 3.71. The van der Waals surface area contributed by atoms with Crippen LogP contribution in [0.1, 0.15) is 5.56 Å². The number of hydrogen-bond donors (Lipinski definition) is 0.